The van der Waals surface area contributed by atoms with E-state index in [4.69, 9.17) is 9.47 Å². The zero-order chi connectivity index (χ0) is 19.4. The number of benzene rings is 2. The lowest BCUT2D eigenvalue weighted by Crippen LogP contribution is -2.32. The van der Waals surface area contributed by atoms with Gasteiger partial charge in [-0.05, 0) is 43.2 Å². The number of carbonyl (C=O) groups is 1. The van der Waals surface area contributed by atoms with Gasteiger partial charge in [-0.1, -0.05) is 25.1 Å². The van der Waals surface area contributed by atoms with Gasteiger partial charge in [-0.3, -0.25) is 4.79 Å². The number of sulfonamides is 1. The highest BCUT2D eigenvalue weighted by molar-refractivity contribution is 7.88. The maximum atomic E-state index is 12.6. The fourth-order valence-corrected chi connectivity index (χ4v) is 4.18. The zero-order valence-corrected chi connectivity index (χ0v) is 16.0. The minimum atomic E-state index is -3.45. The first kappa shape index (κ1) is 19.2. The predicted octanol–water partition coefficient (Wildman–Crippen LogP) is 2.89. The molecule has 2 aromatic rings. The van der Waals surface area contributed by atoms with E-state index < -0.39 is 10.0 Å². The Bertz CT molecular complexity index is 943. The molecule has 0 aromatic heterocycles. The number of hydrogen-bond donors (Lipinski definition) is 2. The molecule has 0 fully saturated rings. The molecule has 3 rings (SSSR count). The third-order valence-corrected chi connectivity index (χ3v) is 5.65. The Hall–Kier alpha value is -2.58. The number of fused-ring (bicyclic) bond motifs is 1. The van der Waals surface area contributed by atoms with Crippen molar-refractivity contribution in [1.82, 2.24) is 4.72 Å². The lowest BCUT2D eigenvalue weighted by molar-refractivity contribution is 0.102. The summed E-state index contributed by atoms with van der Waals surface area (Å²) in [7, 11) is -3.45. The van der Waals surface area contributed by atoms with Gasteiger partial charge >= 0.3 is 0 Å². The minimum Gasteiger partial charge on any atom is -0.454 e. The summed E-state index contributed by atoms with van der Waals surface area (Å²) in [5, 5.41) is 2.78. The summed E-state index contributed by atoms with van der Waals surface area (Å²) in [6, 6.07) is 11.7. The molecule has 27 heavy (non-hydrogen) atoms. The molecule has 0 unspecified atom stereocenters. The number of amides is 1. The van der Waals surface area contributed by atoms with E-state index in [-0.39, 0.29) is 24.5 Å². The monoisotopic (exact) mass is 390 g/mol. The summed E-state index contributed by atoms with van der Waals surface area (Å²) in [5.41, 5.74) is 1.45. The maximum absolute atomic E-state index is 12.6. The van der Waals surface area contributed by atoms with Crippen LogP contribution in [0.25, 0.3) is 0 Å². The van der Waals surface area contributed by atoms with Crippen molar-refractivity contribution in [3.63, 3.8) is 0 Å². The molecule has 0 saturated carbocycles. The average Bonchev–Trinajstić information content (AvgIpc) is 3.09. The second-order valence-electron chi connectivity index (χ2n) is 6.38. The van der Waals surface area contributed by atoms with Crippen LogP contribution in [0, 0.1) is 0 Å². The van der Waals surface area contributed by atoms with Crippen LogP contribution in [0.5, 0.6) is 11.5 Å². The van der Waals surface area contributed by atoms with Gasteiger partial charge in [-0.15, -0.1) is 0 Å². The summed E-state index contributed by atoms with van der Waals surface area (Å²) in [4.78, 5) is 12.6. The predicted molar refractivity (Wildman–Crippen MR) is 102 cm³/mol. The van der Waals surface area contributed by atoms with Crippen LogP contribution >= 0.6 is 0 Å². The van der Waals surface area contributed by atoms with Gasteiger partial charge in [-0.2, -0.15) is 0 Å². The Morgan fingerprint density at radius 1 is 1.19 bits per heavy atom. The van der Waals surface area contributed by atoms with Crippen LogP contribution in [0.1, 0.15) is 36.2 Å². The first-order valence-corrected chi connectivity index (χ1v) is 10.3. The van der Waals surface area contributed by atoms with E-state index in [0.717, 1.165) is 0 Å². The smallest absolute Gasteiger partial charge is 0.259 e. The maximum Gasteiger partial charge on any atom is 0.259 e. The molecule has 0 spiro atoms. The minimum absolute atomic E-state index is 0.0795. The Kier molecular flexibility index (Phi) is 5.67. The van der Waals surface area contributed by atoms with Gasteiger partial charge in [0.25, 0.3) is 5.91 Å². The van der Waals surface area contributed by atoms with Crippen LogP contribution in [0.15, 0.2) is 42.5 Å². The second kappa shape index (κ2) is 7.98. The van der Waals surface area contributed by atoms with Crippen molar-refractivity contribution < 1.29 is 22.7 Å². The van der Waals surface area contributed by atoms with Crippen LogP contribution in [-0.2, 0) is 15.8 Å². The van der Waals surface area contributed by atoms with Crippen LogP contribution in [-0.4, -0.2) is 27.2 Å². The number of ether oxygens (including phenoxy) is 2. The summed E-state index contributed by atoms with van der Waals surface area (Å²) in [6.45, 7) is 3.81. The first-order chi connectivity index (χ1) is 12.9. The molecule has 0 bridgehead atoms. The fourth-order valence-electron chi connectivity index (χ4n) is 2.70. The Labute approximate surface area is 158 Å². The SMILES string of the molecule is CC[C@@H](C)NS(=O)(=O)Cc1cccc(NC(=O)c2cccc3c2OCO3)c1. The standard InChI is InChI=1S/C19H22N2O5S/c1-3-13(2)21-27(23,24)11-14-6-4-7-15(10-14)20-19(22)16-8-5-9-17-18(16)26-12-25-17/h4-10,13,21H,3,11-12H2,1-2H3,(H,20,22)/t13-/m1/s1. The van der Waals surface area contributed by atoms with Gasteiger partial charge in [0, 0.05) is 11.7 Å². The normalized spacial score (nSPS) is 14.0. The number of carbonyl (C=O) groups excluding carboxylic acids is 1. The lowest BCUT2D eigenvalue weighted by atomic mass is 10.1. The summed E-state index contributed by atoms with van der Waals surface area (Å²) >= 11 is 0. The Balaban J connectivity index is 1.73. The van der Waals surface area contributed by atoms with E-state index in [9.17, 15) is 13.2 Å². The number of anilines is 1. The molecular weight excluding hydrogens is 368 g/mol. The van der Waals surface area contributed by atoms with Crippen molar-refractivity contribution in [3.05, 3.63) is 53.6 Å². The average molecular weight is 390 g/mol. The molecule has 8 heteroatoms. The fraction of sp³-hybridized carbons (Fsp3) is 0.316. The molecule has 1 heterocycles. The molecule has 7 nitrogen and oxygen atoms in total. The molecule has 2 N–H and O–H groups in total. The van der Waals surface area contributed by atoms with Crippen LogP contribution < -0.4 is 19.5 Å². The van der Waals surface area contributed by atoms with Crippen molar-refractivity contribution in [1.29, 1.82) is 0 Å². The van der Waals surface area contributed by atoms with Gasteiger partial charge in [-0.25, -0.2) is 13.1 Å². The summed E-state index contributed by atoms with van der Waals surface area (Å²) in [6.07, 6.45) is 0.711. The largest absolute Gasteiger partial charge is 0.454 e. The highest BCUT2D eigenvalue weighted by atomic mass is 32.2. The molecule has 0 saturated heterocycles. The van der Waals surface area contributed by atoms with Gasteiger partial charge in [0.15, 0.2) is 11.5 Å². The van der Waals surface area contributed by atoms with Crippen LogP contribution in [0.3, 0.4) is 0 Å². The third kappa shape index (κ3) is 4.78. The highest BCUT2D eigenvalue weighted by Crippen LogP contribution is 2.35. The Morgan fingerprint density at radius 2 is 1.96 bits per heavy atom. The number of nitrogens with one attached hydrogen (secondary N) is 2. The van der Waals surface area contributed by atoms with Crippen molar-refractivity contribution in [3.8, 4) is 11.5 Å². The van der Waals surface area contributed by atoms with E-state index in [0.29, 0.717) is 34.7 Å². The topological polar surface area (TPSA) is 93.7 Å². The number of hydrogen-bond acceptors (Lipinski definition) is 5. The van der Waals surface area contributed by atoms with Gasteiger partial charge < -0.3 is 14.8 Å². The highest BCUT2D eigenvalue weighted by Gasteiger charge is 2.22. The van der Waals surface area contributed by atoms with E-state index in [1.165, 1.54) is 0 Å². The number of para-hydroxylation sites is 1. The van der Waals surface area contributed by atoms with E-state index >= 15 is 0 Å². The van der Waals surface area contributed by atoms with Gasteiger partial charge in [0.1, 0.15) is 0 Å². The van der Waals surface area contributed by atoms with Crippen molar-refractivity contribution in [2.24, 2.45) is 0 Å². The molecule has 1 atom stereocenters. The van der Waals surface area contributed by atoms with E-state index in [1.54, 1.807) is 42.5 Å². The lowest BCUT2D eigenvalue weighted by Gasteiger charge is -2.13. The van der Waals surface area contributed by atoms with Crippen molar-refractivity contribution in [2.75, 3.05) is 12.1 Å². The van der Waals surface area contributed by atoms with Gasteiger partial charge in [0.2, 0.25) is 16.8 Å². The summed E-state index contributed by atoms with van der Waals surface area (Å²) in [5.74, 6) is 0.429. The molecule has 0 radical (unpaired) electrons. The van der Waals surface area contributed by atoms with Crippen LogP contribution in [0.4, 0.5) is 5.69 Å². The molecule has 1 aliphatic heterocycles. The van der Waals surface area contributed by atoms with Crippen molar-refractivity contribution >= 4 is 21.6 Å². The number of rotatable bonds is 7. The molecule has 144 valence electrons. The Morgan fingerprint density at radius 3 is 2.74 bits per heavy atom. The van der Waals surface area contributed by atoms with E-state index in [1.807, 2.05) is 13.8 Å². The molecule has 1 aliphatic rings. The zero-order valence-electron chi connectivity index (χ0n) is 15.2. The molecule has 0 aliphatic carbocycles. The van der Waals surface area contributed by atoms with E-state index in [2.05, 4.69) is 10.0 Å². The van der Waals surface area contributed by atoms with Crippen molar-refractivity contribution in [2.45, 2.75) is 32.1 Å². The molecule has 2 aromatic carbocycles. The van der Waals surface area contributed by atoms with Gasteiger partial charge in [0.05, 0.1) is 11.3 Å². The summed E-state index contributed by atoms with van der Waals surface area (Å²) < 4.78 is 37.7. The first-order valence-electron chi connectivity index (χ1n) is 8.67. The molecular formula is C19H22N2O5S. The van der Waals surface area contributed by atoms with Crippen LogP contribution in [0.2, 0.25) is 0 Å². The molecule has 1 amide bonds. The quantitative estimate of drug-likeness (QED) is 0.758. The third-order valence-electron chi connectivity index (χ3n) is 4.18. The second-order valence-corrected chi connectivity index (χ2v) is 8.13.